The number of nitrogens with two attached hydrogens (primary N) is 1. The van der Waals surface area contributed by atoms with E-state index in [2.05, 4.69) is 50.3 Å². The van der Waals surface area contributed by atoms with Gasteiger partial charge < -0.3 is 10.7 Å². The van der Waals surface area contributed by atoms with E-state index >= 15 is 0 Å². The topological polar surface area (TPSA) is 98.3 Å². The molecule has 1 aromatic carbocycles. The Morgan fingerprint density at radius 1 is 1.10 bits per heavy atom. The summed E-state index contributed by atoms with van der Waals surface area (Å²) < 4.78 is 2.03. The van der Waals surface area contributed by atoms with Gasteiger partial charge in [0.15, 0.2) is 5.65 Å². The molecule has 0 saturated carbocycles. The summed E-state index contributed by atoms with van der Waals surface area (Å²) >= 11 is 0. The highest BCUT2D eigenvalue weighted by Crippen LogP contribution is 2.38. The van der Waals surface area contributed by atoms with Crippen molar-refractivity contribution in [3.8, 4) is 11.3 Å². The van der Waals surface area contributed by atoms with Gasteiger partial charge in [0.05, 0.1) is 11.4 Å². The van der Waals surface area contributed by atoms with Crippen LogP contribution in [0.25, 0.3) is 33.3 Å². The largest absolute Gasteiger partial charge is 0.383 e. The molecule has 29 heavy (non-hydrogen) atoms. The number of aryl methyl sites for hydroxylation is 1. The Kier molecular flexibility index (Phi) is 3.43. The molecular weight excluding hydrogens is 362 g/mol. The number of hydrogen-bond acceptors (Lipinski definition) is 5. The maximum absolute atomic E-state index is 6.29. The van der Waals surface area contributed by atoms with Gasteiger partial charge in [-0.05, 0) is 42.5 Å². The van der Waals surface area contributed by atoms with Gasteiger partial charge in [-0.15, -0.1) is 0 Å². The van der Waals surface area contributed by atoms with Crippen LogP contribution in [0.1, 0.15) is 30.0 Å². The number of aromatic amines is 1. The predicted molar refractivity (Wildman–Crippen MR) is 112 cm³/mol. The number of fused-ring (bicyclic) bond motifs is 3. The first-order chi connectivity index (χ1) is 14.3. The van der Waals surface area contributed by atoms with E-state index in [1.165, 1.54) is 17.5 Å². The summed E-state index contributed by atoms with van der Waals surface area (Å²) in [7, 11) is 0. The van der Waals surface area contributed by atoms with Crippen molar-refractivity contribution in [3.63, 3.8) is 0 Å². The third-order valence-corrected chi connectivity index (χ3v) is 5.82. The van der Waals surface area contributed by atoms with Crippen LogP contribution in [0.2, 0.25) is 0 Å². The first-order valence-electron chi connectivity index (χ1n) is 9.79. The van der Waals surface area contributed by atoms with Gasteiger partial charge in [0.2, 0.25) is 0 Å². The van der Waals surface area contributed by atoms with Crippen molar-refractivity contribution >= 4 is 27.9 Å². The van der Waals surface area contributed by atoms with E-state index in [1.54, 1.807) is 0 Å². The van der Waals surface area contributed by atoms with E-state index in [-0.39, 0.29) is 6.04 Å². The fraction of sp³-hybridized carbons (Fsp3) is 0.182. The minimum Gasteiger partial charge on any atom is -0.383 e. The molecule has 7 heteroatoms. The quantitative estimate of drug-likeness (QED) is 0.483. The zero-order chi connectivity index (χ0) is 19.4. The van der Waals surface area contributed by atoms with Crippen molar-refractivity contribution < 1.29 is 0 Å². The number of nitrogen functional groups attached to an aromatic ring is 1. The monoisotopic (exact) mass is 381 g/mol. The van der Waals surface area contributed by atoms with Gasteiger partial charge in [0.25, 0.3) is 0 Å². The SMILES string of the molecule is Nc1ncnc2c1c(-c1cnc3[nH]ccc3c1)nn2C1CCCc2ccccc21. The fourth-order valence-corrected chi connectivity index (χ4v) is 4.47. The van der Waals surface area contributed by atoms with Crippen LogP contribution in [0, 0.1) is 0 Å². The number of benzene rings is 1. The Morgan fingerprint density at radius 3 is 3.00 bits per heavy atom. The molecule has 0 aliphatic heterocycles. The van der Waals surface area contributed by atoms with Gasteiger partial charge in [-0.1, -0.05) is 24.3 Å². The average molecular weight is 381 g/mol. The lowest BCUT2D eigenvalue weighted by atomic mass is 9.88. The zero-order valence-corrected chi connectivity index (χ0v) is 15.7. The second-order valence-electron chi connectivity index (χ2n) is 7.50. The normalized spacial score (nSPS) is 16.3. The summed E-state index contributed by atoms with van der Waals surface area (Å²) in [5.41, 5.74) is 12.3. The van der Waals surface area contributed by atoms with E-state index in [0.717, 1.165) is 52.6 Å². The number of anilines is 1. The highest BCUT2D eigenvalue weighted by molar-refractivity contribution is 5.99. The summed E-state index contributed by atoms with van der Waals surface area (Å²) in [5.74, 6) is 0.439. The zero-order valence-electron chi connectivity index (χ0n) is 15.7. The minimum atomic E-state index is 0.134. The minimum absolute atomic E-state index is 0.134. The molecule has 0 saturated heterocycles. The van der Waals surface area contributed by atoms with Gasteiger partial charge in [0.1, 0.15) is 23.5 Å². The molecule has 0 amide bonds. The van der Waals surface area contributed by atoms with Crippen LogP contribution in [0.15, 0.2) is 55.1 Å². The van der Waals surface area contributed by atoms with E-state index in [1.807, 2.05) is 23.1 Å². The van der Waals surface area contributed by atoms with Crippen LogP contribution in [-0.4, -0.2) is 29.7 Å². The van der Waals surface area contributed by atoms with Crippen molar-refractivity contribution in [2.45, 2.75) is 25.3 Å². The van der Waals surface area contributed by atoms with Gasteiger partial charge in [-0.25, -0.2) is 19.6 Å². The predicted octanol–water partition coefficient (Wildman–Crippen LogP) is 3.88. The van der Waals surface area contributed by atoms with Gasteiger partial charge >= 0.3 is 0 Å². The van der Waals surface area contributed by atoms with Crippen LogP contribution in [0.4, 0.5) is 5.82 Å². The molecule has 3 N–H and O–H groups in total. The highest BCUT2D eigenvalue weighted by Gasteiger charge is 2.27. The van der Waals surface area contributed by atoms with Crippen molar-refractivity contribution in [2.75, 3.05) is 5.73 Å². The maximum Gasteiger partial charge on any atom is 0.164 e. The maximum atomic E-state index is 6.29. The number of aromatic nitrogens is 6. The Labute approximate surface area is 166 Å². The summed E-state index contributed by atoms with van der Waals surface area (Å²) in [5, 5.41) is 6.83. The Balaban J connectivity index is 1.61. The highest BCUT2D eigenvalue weighted by atomic mass is 15.3. The lowest BCUT2D eigenvalue weighted by molar-refractivity contribution is 0.461. The van der Waals surface area contributed by atoms with Gasteiger partial charge in [-0.2, -0.15) is 5.10 Å². The molecule has 142 valence electrons. The Hall–Kier alpha value is -3.74. The first-order valence-corrected chi connectivity index (χ1v) is 9.79. The molecule has 1 aliphatic rings. The number of pyridine rings is 1. The molecule has 5 aromatic rings. The standard InChI is InChI=1S/C22H19N7/c23-20-18-19(15-10-14-8-9-24-21(14)25-11-15)28-29(22(18)27-12-26-20)17-7-3-5-13-4-1-2-6-16(13)17/h1-2,4,6,8-12,17H,3,5,7H2,(H,24,25)(H2,23,26,27). The molecular formula is C22H19N7. The van der Waals surface area contributed by atoms with E-state index in [4.69, 9.17) is 10.8 Å². The molecule has 6 rings (SSSR count). The van der Waals surface area contributed by atoms with Gasteiger partial charge in [0, 0.05) is 23.3 Å². The first kappa shape index (κ1) is 16.2. The Morgan fingerprint density at radius 2 is 2.03 bits per heavy atom. The number of hydrogen-bond donors (Lipinski definition) is 2. The number of rotatable bonds is 2. The molecule has 4 aromatic heterocycles. The Bertz CT molecular complexity index is 1360. The molecule has 7 nitrogen and oxygen atoms in total. The molecule has 0 spiro atoms. The van der Waals surface area contributed by atoms with Crippen LogP contribution < -0.4 is 5.73 Å². The van der Waals surface area contributed by atoms with Crippen molar-refractivity contribution in [1.82, 2.24) is 29.7 Å². The lowest BCUT2D eigenvalue weighted by Gasteiger charge is -2.26. The van der Waals surface area contributed by atoms with Crippen LogP contribution >= 0.6 is 0 Å². The van der Waals surface area contributed by atoms with E-state index in [9.17, 15) is 0 Å². The summed E-state index contributed by atoms with van der Waals surface area (Å²) in [6.07, 6.45) is 8.47. The second kappa shape index (κ2) is 6.13. The van der Waals surface area contributed by atoms with Crippen LogP contribution in [0.3, 0.4) is 0 Å². The van der Waals surface area contributed by atoms with Crippen molar-refractivity contribution in [1.29, 1.82) is 0 Å². The van der Waals surface area contributed by atoms with Crippen LogP contribution in [-0.2, 0) is 6.42 Å². The van der Waals surface area contributed by atoms with E-state index in [0.29, 0.717) is 5.82 Å². The summed E-state index contributed by atoms with van der Waals surface area (Å²) in [6, 6.07) is 12.8. The smallest absolute Gasteiger partial charge is 0.164 e. The number of H-pyrrole nitrogens is 1. The molecule has 4 heterocycles. The van der Waals surface area contributed by atoms with Gasteiger partial charge in [-0.3, -0.25) is 0 Å². The van der Waals surface area contributed by atoms with Crippen LogP contribution in [0.5, 0.6) is 0 Å². The third-order valence-electron chi connectivity index (χ3n) is 5.82. The van der Waals surface area contributed by atoms with E-state index < -0.39 is 0 Å². The lowest BCUT2D eigenvalue weighted by Crippen LogP contribution is -2.18. The molecule has 1 unspecified atom stereocenters. The molecule has 1 aliphatic carbocycles. The fourth-order valence-electron chi connectivity index (χ4n) is 4.47. The number of nitrogens with one attached hydrogen (secondary N) is 1. The molecule has 1 atom stereocenters. The summed E-state index contributed by atoms with van der Waals surface area (Å²) in [4.78, 5) is 16.5. The van der Waals surface area contributed by atoms with Crippen molar-refractivity contribution in [3.05, 3.63) is 66.2 Å². The third kappa shape index (κ3) is 2.44. The molecule has 0 radical (unpaired) electrons. The van der Waals surface area contributed by atoms with Crippen molar-refractivity contribution in [2.24, 2.45) is 0 Å². The second-order valence-corrected chi connectivity index (χ2v) is 7.50. The summed E-state index contributed by atoms with van der Waals surface area (Å²) in [6.45, 7) is 0. The average Bonchev–Trinajstić information content (AvgIpc) is 3.38. The number of nitrogens with zero attached hydrogens (tertiary/aromatic N) is 5. The molecule has 0 fully saturated rings. The molecule has 0 bridgehead atoms.